The predicted octanol–water partition coefficient (Wildman–Crippen LogP) is 3.83. The second kappa shape index (κ2) is 8.06. The van der Waals surface area contributed by atoms with Crippen molar-refractivity contribution in [2.75, 3.05) is 6.54 Å². The Morgan fingerprint density at radius 3 is 2.45 bits per heavy atom. The van der Waals surface area contributed by atoms with Gasteiger partial charge in [0, 0.05) is 24.5 Å². The number of fused-ring (bicyclic) bond motifs is 1. The molecule has 0 spiro atoms. The van der Waals surface area contributed by atoms with E-state index in [0.29, 0.717) is 10.6 Å². The first-order chi connectivity index (χ1) is 13.7. The first kappa shape index (κ1) is 20.6. The molecule has 0 aliphatic heterocycles. The van der Waals surface area contributed by atoms with Crippen molar-refractivity contribution >= 4 is 16.8 Å². The molecule has 2 aromatic carbocycles. The van der Waals surface area contributed by atoms with Crippen LogP contribution in [0.5, 0.6) is 0 Å². The lowest BCUT2D eigenvalue weighted by Crippen LogP contribution is -2.31. The van der Waals surface area contributed by atoms with Crippen LogP contribution in [0.2, 0.25) is 0 Å². The molecule has 0 saturated heterocycles. The third kappa shape index (κ3) is 4.64. The van der Waals surface area contributed by atoms with Gasteiger partial charge in [-0.05, 0) is 24.6 Å². The summed E-state index contributed by atoms with van der Waals surface area (Å²) in [7, 11) is 0. The number of pyridine rings is 1. The second-order valence-electron chi connectivity index (χ2n) is 6.69. The molecular formula is C21H18F4N2O2. The lowest BCUT2D eigenvalue weighted by Gasteiger charge is -2.19. The molecule has 3 aromatic rings. The van der Waals surface area contributed by atoms with Crippen LogP contribution in [-0.2, 0) is 23.9 Å². The third-order valence-corrected chi connectivity index (χ3v) is 4.51. The molecule has 0 unspecified atom stereocenters. The van der Waals surface area contributed by atoms with Crippen LogP contribution in [0.15, 0.2) is 53.3 Å². The quantitative estimate of drug-likeness (QED) is 0.655. The summed E-state index contributed by atoms with van der Waals surface area (Å²) >= 11 is 0. The van der Waals surface area contributed by atoms with Crippen LogP contribution in [0.25, 0.3) is 10.9 Å². The van der Waals surface area contributed by atoms with Gasteiger partial charge in [0.05, 0.1) is 11.9 Å². The number of carbonyl (C=O) groups excluding carboxylic acids is 1. The molecule has 0 aliphatic carbocycles. The van der Waals surface area contributed by atoms with E-state index in [2.05, 4.69) is 5.32 Å². The van der Waals surface area contributed by atoms with Gasteiger partial charge in [-0.25, -0.2) is 4.39 Å². The van der Waals surface area contributed by atoms with E-state index < -0.39 is 28.6 Å². The minimum absolute atomic E-state index is 0.0751. The maximum atomic E-state index is 14.3. The molecule has 0 atom stereocenters. The van der Waals surface area contributed by atoms with E-state index in [1.54, 1.807) is 12.1 Å². The molecule has 1 amide bonds. The second-order valence-corrected chi connectivity index (χ2v) is 6.69. The molecule has 4 nitrogen and oxygen atoms in total. The van der Waals surface area contributed by atoms with Gasteiger partial charge in [-0.2, -0.15) is 13.2 Å². The van der Waals surface area contributed by atoms with Gasteiger partial charge in [0.2, 0.25) is 5.91 Å². The molecular weight excluding hydrogens is 388 g/mol. The zero-order valence-corrected chi connectivity index (χ0v) is 15.5. The van der Waals surface area contributed by atoms with Crippen LogP contribution in [0.4, 0.5) is 17.6 Å². The predicted molar refractivity (Wildman–Crippen MR) is 101 cm³/mol. The van der Waals surface area contributed by atoms with Crippen molar-refractivity contribution in [3.63, 3.8) is 0 Å². The van der Waals surface area contributed by atoms with Crippen molar-refractivity contribution in [3.05, 3.63) is 81.4 Å². The van der Waals surface area contributed by atoms with Crippen LogP contribution in [0.1, 0.15) is 16.8 Å². The van der Waals surface area contributed by atoms with Crippen LogP contribution < -0.4 is 10.7 Å². The number of carbonyl (C=O) groups is 1. The summed E-state index contributed by atoms with van der Waals surface area (Å²) in [6.45, 7) is 1.42. The van der Waals surface area contributed by atoms with Gasteiger partial charge in [-0.1, -0.05) is 35.9 Å². The van der Waals surface area contributed by atoms with Crippen molar-refractivity contribution in [3.8, 4) is 0 Å². The molecule has 1 aromatic heterocycles. The van der Waals surface area contributed by atoms with Gasteiger partial charge in [0.1, 0.15) is 11.5 Å². The number of para-hydroxylation sites is 1. The number of alkyl halides is 3. The number of aromatic nitrogens is 1. The maximum absolute atomic E-state index is 14.3. The Labute approximate surface area is 163 Å². The highest BCUT2D eigenvalue weighted by molar-refractivity contribution is 5.80. The van der Waals surface area contributed by atoms with Gasteiger partial charge in [-0.3, -0.25) is 9.59 Å². The molecule has 29 heavy (non-hydrogen) atoms. The molecule has 0 fully saturated rings. The van der Waals surface area contributed by atoms with E-state index in [1.165, 1.54) is 12.1 Å². The van der Waals surface area contributed by atoms with E-state index in [0.717, 1.165) is 17.2 Å². The fourth-order valence-corrected chi connectivity index (χ4v) is 3.12. The number of rotatable bonds is 5. The molecule has 0 aliphatic rings. The van der Waals surface area contributed by atoms with E-state index >= 15 is 0 Å². The molecule has 0 saturated carbocycles. The Hall–Kier alpha value is -3.16. The number of hydrogen-bond acceptors (Lipinski definition) is 2. The summed E-state index contributed by atoms with van der Waals surface area (Å²) in [5.74, 6) is -1.30. The highest BCUT2D eigenvalue weighted by atomic mass is 19.4. The number of nitrogens with one attached hydrogen (secondary N) is 1. The van der Waals surface area contributed by atoms with Gasteiger partial charge in [0.25, 0.3) is 0 Å². The van der Waals surface area contributed by atoms with Crippen molar-refractivity contribution in [2.24, 2.45) is 0 Å². The molecule has 8 heteroatoms. The number of hydrogen-bond donors (Lipinski definition) is 1. The number of aryl methyl sites for hydroxylation is 1. The number of halogens is 4. The standard InChI is InChI=1S/C21H18F4N2O2/c1-13-5-7-14(8-6-13)11-19(29)26-9-10-27-18(21(23,24)25)12-17(28)15-3-2-4-16(22)20(15)27/h2-8,12H,9-11H2,1H3,(H,26,29). The topological polar surface area (TPSA) is 51.1 Å². The van der Waals surface area contributed by atoms with Crippen molar-refractivity contribution in [2.45, 2.75) is 26.1 Å². The Balaban J connectivity index is 1.83. The van der Waals surface area contributed by atoms with E-state index in [9.17, 15) is 27.2 Å². The Kier molecular flexibility index (Phi) is 5.72. The third-order valence-electron chi connectivity index (χ3n) is 4.51. The smallest absolute Gasteiger partial charge is 0.354 e. The van der Waals surface area contributed by atoms with E-state index in [-0.39, 0.29) is 30.8 Å². The fourth-order valence-electron chi connectivity index (χ4n) is 3.12. The highest BCUT2D eigenvalue weighted by Crippen LogP contribution is 2.31. The normalized spacial score (nSPS) is 11.6. The fraction of sp³-hybridized carbons (Fsp3) is 0.238. The number of nitrogens with zero attached hydrogens (tertiary/aromatic N) is 1. The maximum Gasteiger partial charge on any atom is 0.431 e. The summed E-state index contributed by atoms with van der Waals surface area (Å²) in [6, 6.07) is 11.3. The lowest BCUT2D eigenvalue weighted by atomic mass is 10.1. The van der Waals surface area contributed by atoms with Gasteiger partial charge >= 0.3 is 6.18 Å². The summed E-state index contributed by atoms with van der Waals surface area (Å²) in [4.78, 5) is 24.1. The molecule has 152 valence electrons. The summed E-state index contributed by atoms with van der Waals surface area (Å²) in [5.41, 5.74) is -0.788. The van der Waals surface area contributed by atoms with Crippen LogP contribution in [0.3, 0.4) is 0 Å². The zero-order chi connectivity index (χ0) is 21.2. The molecule has 3 rings (SSSR count). The SMILES string of the molecule is Cc1ccc(CC(=O)NCCn2c(C(F)(F)F)cc(=O)c3cccc(F)c32)cc1. The number of amides is 1. The first-order valence-corrected chi connectivity index (χ1v) is 8.88. The average Bonchev–Trinajstić information content (AvgIpc) is 2.64. The van der Waals surface area contributed by atoms with Crippen molar-refractivity contribution < 1.29 is 22.4 Å². The average molecular weight is 406 g/mol. The summed E-state index contributed by atoms with van der Waals surface area (Å²) in [6.07, 6.45) is -4.77. The highest BCUT2D eigenvalue weighted by Gasteiger charge is 2.35. The zero-order valence-electron chi connectivity index (χ0n) is 15.5. The summed E-state index contributed by atoms with van der Waals surface area (Å²) in [5, 5.41) is 2.39. The monoisotopic (exact) mass is 406 g/mol. The lowest BCUT2D eigenvalue weighted by molar-refractivity contribution is -0.143. The molecule has 1 N–H and O–H groups in total. The van der Waals surface area contributed by atoms with Crippen molar-refractivity contribution in [1.82, 2.24) is 9.88 Å². The van der Waals surface area contributed by atoms with Crippen LogP contribution in [-0.4, -0.2) is 17.0 Å². The number of benzene rings is 2. The molecule has 0 radical (unpaired) electrons. The molecule has 0 bridgehead atoms. The van der Waals surface area contributed by atoms with Crippen LogP contribution in [0, 0.1) is 12.7 Å². The van der Waals surface area contributed by atoms with E-state index in [1.807, 2.05) is 19.1 Å². The summed E-state index contributed by atoms with van der Waals surface area (Å²) < 4.78 is 55.3. The Bertz CT molecular complexity index is 1100. The minimum Gasteiger partial charge on any atom is -0.354 e. The van der Waals surface area contributed by atoms with Gasteiger partial charge in [0.15, 0.2) is 5.43 Å². The van der Waals surface area contributed by atoms with Gasteiger partial charge < -0.3 is 9.88 Å². The van der Waals surface area contributed by atoms with Crippen LogP contribution >= 0.6 is 0 Å². The Morgan fingerprint density at radius 1 is 1.10 bits per heavy atom. The molecule has 1 heterocycles. The first-order valence-electron chi connectivity index (χ1n) is 8.88. The Morgan fingerprint density at radius 2 is 1.79 bits per heavy atom. The van der Waals surface area contributed by atoms with E-state index in [4.69, 9.17) is 0 Å². The van der Waals surface area contributed by atoms with Gasteiger partial charge in [-0.15, -0.1) is 0 Å². The minimum atomic E-state index is -4.85. The van der Waals surface area contributed by atoms with Crippen molar-refractivity contribution in [1.29, 1.82) is 0 Å². The largest absolute Gasteiger partial charge is 0.431 e.